The molecule has 0 aliphatic carbocycles. The highest BCUT2D eigenvalue weighted by atomic mass is 35.5. The van der Waals surface area contributed by atoms with E-state index >= 15 is 0 Å². The zero-order chi connectivity index (χ0) is 20.8. The van der Waals surface area contributed by atoms with E-state index in [0.29, 0.717) is 22.0 Å². The third-order valence-corrected chi connectivity index (χ3v) is 4.74. The number of carbonyl (C=O) groups excluding carboxylic acids is 2. The highest BCUT2D eigenvalue weighted by Gasteiger charge is 2.07. The molecule has 2 amide bonds. The van der Waals surface area contributed by atoms with E-state index in [9.17, 15) is 9.59 Å². The van der Waals surface area contributed by atoms with Crippen molar-refractivity contribution in [1.29, 1.82) is 0 Å². The maximum absolute atomic E-state index is 12.3. The number of aryl methyl sites for hydroxylation is 2. The molecule has 0 heterocycles. The van der Waals surface area contributed by atoms with Gasteiger partial charge in [0.15, 0.2) is 0 Å². The third kappa shape index (κ3) is 5.83. The van der Waals surface area contributed by atoms with Crippen LogP contribution in [0.25, 0.3) is 0 Å². The van der Waals surface area contributed by atoms with Crippen LogP contribution in [0.1, 0.15) is 21.5 Å². The van der Waals surface area contributed by atoms with Crippen LogP contribution in [0.5, 0.6) is 0 Å². The summed E-state index contributed by atoms with van der Waals surface area (Å²) in [5, 5.41) is 9.35. The highest BCUT2D eigenvalue weighted by molar-refractivity contribution is 6.31. The smallest absolute Gasteiger partial charge is 0.255 e. The van der Waals surface area contributed by atoms with Crippen molar-refractivity contribution in [1.82, 2.24) is 0 Å². The van der Waals surface area contributed by atoms with E-state index < -0.39 is 0 Å². The summed E-state index contributed by atoms with van der Waals surface area (Å²) in [5.74, 6) is -0.357. The number of rotatable bonds is 6. The van der Waals surface area contributed by atoms with E-state index in [2.05, 4.69) is 16.0 Å². The monoisotopic (exact) mass is 407 g/mol. The second-order valence-corrected chi connectivity index (χ2v) is 7.17. The molecule has 0 saturated heterocycles. The Morgan fingerprint density at radius 2 is 1.48 bits per heavy atom. The Morgan fingerprint density at radius 3 is 2.14 bits per heavy atom. The third-order valence-electron chi connectivity index (χ3n) is 4.33. The van der Waals surface area contributed by atoms with Crippen LogP contribution in [0.3, 0.4) is 0 Å². The first kappa shape index (κ1) is 20.4. The summed E-state index contributed by atoms with van der Waals surface area (Å²) < 4.78 is 0. The lowest BCUT2D eigenvalue weighted by molar-refractivity contribution is -0.114. The quantitative estimate of drug-likeness (QED) is 0.522. The van der Waals surface area contributed by atoms with E-state index in [-0.39, 0.29) is 18.4 Å². The molecule has 3 rings (SSSR count). The molecule has 0 bridgehead atoms. The Labute approximate surface area is 175 Å². The fourth-order valence-corrected chi connectivity index (χ4v) is 2.90. The molecule has 0 fully saturated rings. The van der Waals surface area contributed by atoms with Crippen molar-refractivity contribution in [2.75, 3.05) is 22.5 Å². The zero-order valence-corrected chi connectivity index (χ0v) is 17.0. The Kier molecular flexibility index (Phi) is 6.52. The number of hydrogen-bond acceptors (Lipinski definition) is 3. The van der Waals surface area contributed by atoms with Gasteiger partial charge in [0, 0.05) is 27.6 Å². The van der Waals surface area contributed by atoms with Crippen LogP contribution in [-0.2, 0) is 4.79 Å². The van der Waals surface area contributed by atoms with Crippen molar-refractivity contribution in [3.05, 3.63) is 88.4 Å². The van der Waals surface area contributed by atoms with Gasteiger partial charge in [-0.3, -0.25) is 9.59 Å². The van der Waals surface area contributed by atoms with Gasteiger partial charge in [-0.15, -0.1) is 0 Å². The highest BCUT2D eigenvalue weighted by Crippen LogP contribution is 2.20. The molecule has 0 saturated carbocycles. The Balaban J connectivity index is 1.52. The molecule has 148 valence electrons. The van der Waals surface area contributed by atoms with E-state index in [0.717, 1.165) is 16.8 Å². The van der Waals surface area contributed by atoms with Crippen molar-refractivity contribution in [2.45, 2.75) is 13.8 Å². The lowest BCUT2D eigenvalue weighted by Crippen LogP contribution is -2.21. The lowest BCUT2D eigenvalue weighted by atomic mass is 10.1. The minimum absolute atomic E-state index is 0.116. The largest absolute Gasteiger partial charge is 0.376 e. The van der Waals surface area contributed by atoms with Gasteiger partial charge in [0.05, 0.1) is 6.54 Å². The van der Waals surface area contributed by atoms with Crippen LogP contribution in [0.2, 0.25) is 5.02 Å². The van der Waals surface area contributed by atoms with Gasteiger partial charge >= 0.3 is 0 Å². The molecular weight excluding hydrogens is 386 g/mol. The van der Waals surface area contributed by atoms with E-state index in [1.54, 1.807) is 36.4 Å². The van der Waals surface area contributed by atoms with Gasteiger partial charge in [0.25, 0.3) is 5.91 Å². The fourth-order valence-electron chi connectivity index (χ4n) is 2.72. The summed E-state index contributed by atoms with van der Waals surface area (Å²) in [6, 6.07) is 19.9. The maximum atomic E-state index is 12.3. The normalized spacial score (nSPS) is 10.3. The van der Waals surface area contributed by atoms with Gasteiger partial charge in [-0.05, 0) is 67.9 Å². The Hall–Kier alpha value is -3.31. The number of nitrogens with one attached hydrogen (secondary N) is 3. The molecule has 5 nitrogen and oxygen atoms in total. The number of anilines is 3. The van der Waals surface area contributed by atoms with Crippen molar-refractivity contribution in [3.8, 4) is 0 Å². The first-order chi connectivity index (χ1) is 13.9. The van der Waals surface area contributed by atoms with Gasteiger partial charge in [-0.2, -0.15) is 0 Å². The molecule has 0 radical (unpaired) electrons. The van der Waals surface area contributed by atoms with Gasteiger partial charge in [0.2, 0.25) is 5.91 Å². The summed E-state index contributed by atoms with van der Waals surface area (Å²) in [6.07, 6.45) is 0. The predicted octanol–water partition coefficient (Wildman–Crippen LogP) is 5.26. The van der Waals surface area contributed by atoms with Crippen molar-refractivity contribution >= 4 is 40.5 Å². The number of carbonyl (C=O) groups is 2. The summed E-state index contributed by atoms with van der Waals surface area (Å²) in [6.45, 7) is 3.98. The minimum atomic E-state index is -0.182. The van der Waals surface area contributed by atoms with Gasteiger partial charge in [0.1, 0.15) is 0 Å². The minimum Gasteiger partial charge on any atom is -0.376 e. The predicted molar refractivity (Wildman–Crippen MR) is 119 cm³/mol. The average Bonchev–Trinajstić information content (AvgIpc) is 2.70. The SMILES string of the molecule is Cc1cccc(C(=O)Nc2ccc(NC(=O)CNc3ccc(C)c(Cl)c3)cc2)c1. The molecule has 0 spiro atoms. The number of benzene rings is 3. The van der Waals surface area contributed by atoms with Crippen LogP contribution in [-0.4, -0.2) is 18.4 Å². The zero-order valence-electron chi connectivity index (χ0n) is 16.3. The first-order valence-corrected chi connectivity index (χ1v) is 9.56. The number of amides is 2. The summed E-state index contributed by atoms with van der Waals surface area (Å²) in [5.41, 5.74) is 4.69. The lowest BCUT2D eigenvalue weighted by Gasteiger charge is -2.10. The molecule has 0 atom stereocenters. The van der Waals surface area contributed by atoms with Crippen molar-refractivity contribution in [3.63, 3.8) is 0 Å². The van der Waals surface area contributed by atoms with Crippen LogP contribution >= 0.6 is 11.6 Å². The van der Waals surface area contributed by atoms with E-state index in [1.807, 2.05) is 44.2 Å². The van der Waals surface area contributed by atoms with Crippen molar-refractivity contribution < 1.29 is 9.59 Å². The molecule has 29 heavy (non-hydrogen) atoms. The van der Waals surface area contributed by atoms with Gasteiger partial charge in [-0.25, -0.2) is 0 Å². The second kappa shape index (κ2) is 9.26. The number of hydrogen-bond donors (Lipinski definition) is 3. The van der Waals surface area contributed by atoms with E-state index in [4.69, 9.17) is 11.6 Å². The van der Waals surface area contributed by atoms with Crippen LogP contribution in [0, 0.1) is 13.8 Å². The summed E-state index contributed by atoms with van der Waals surface area (Å²) in [7, 11) is 0. The molecule has 0 aliphatic heterocycles. The van der Waals surface area contributed by atoms with E-state index in [1.165, 1.54) is 0 Å². The van der Waals surface area contributed by atoms with Gasteiger partial charge < -0.3 is 16.0 Å². The second-order valence-electron chi connectivity index (χ2n) is 6.77. The number of halogens is 1. The molecule has 3 aromatic carbocycles. The maximum Gasteiger partial charge on any atom is 0.255 e. The van der Waals surface area contributed by atoms with Crippen LogP contribution in [0.15, 0.2) is 66.7 Å². The van der Waals surface area contributed by atoms with Crippen LogP contribution in [0.4, 0.5) is 17.1 Å². The standard InChI is InChI=1S/C23H22ClN3O2/c1-15-4-3-5-17(12-15)23(29)27-19-10-8-18(9-11-19)26-22(28)14-25-20-7-6-16(2)21(24)13-20/h3-13,25H,14H2,1-2H3,(H,26,28)(H,27,29). The molecular formula is C23H22ClN3O2. The van der Waals surface area contributed by atoms with Gasteiger partial charge in [-0.1, -0.05) is 35.4 Å². The fraction of sp³-hybridized carbons (Fsp3) is 0.130. The van der Waals surface area contributed by atoms with Crippen LogP contribution < -0.4 is 16.0 Å². The molecule has 0 aliphatic rings. The molecule has 3 aromatic rings. The molecule has 0 aromatic heterocycles. The molecule has 0 unspecified atom stereocenters. The van der Waals surface area contributed by atoms with Crippen molar-refractivity contribution in [2.24, 2.45) is 0 Å². The summed E-state index contributed by atoms with van der Waals surface area (Å²) >= 11 is 6.09. The Morgan fingerprint density at radius 1 is 0.828 bits per heavy atom. The summed E-state index contributed by atoms with van der Waals surface area (Å²) in [4.78, 5) is 24.4. The topological polar surface area (TPSA) is 70.2 Å². The first-order valence-electron chi connectivity index (χ1n) is 9.19. The average molecular weight is 408 g/mol. The Bertz CT molecular complexity index is 1030. The molecule has 6 heteroatoms. The molecule has 3 N–H and O–H groups in total.